The van der Waals surface area contributed by atoms with Crippen molar-refractivity contribution in [2.75, 3.05) is 0 Å². The Bertz CT molecular complexity index is 888. The predicted molar refractivity (Wildman–Crippen MR) is 140 cm³/mol. The van der Waals surface area contributed by atoms with Crippen LogP contribution in [0.25, 0.3) is 11.1 Å². The second-order valence-corrected chi connectivity index (χ2v) is 8.94. The summed E-state index contributed by atoms with van der Waals surface area (Å²) in [7, 11) is 0. The maximum absolute atomic E-state index is 3.90. The third kappa shape index (κ3) is 7.87. The molecule has 0 amide bonds. The van der Waals surface area contributed by atoms with Crippen LogP contribution in [0.4, 0.5) is 0 Å². The van der Waals surface area contributed by atoms with Crippen molar-refractivity contribution >= 4 is 11.1 Å². The molecule has 4 rings (SSSR count). The Hall–Kier alpha value is -2.60. The van der Waals surface area contributed by atoms with Gasteiger partial charge in [-0.1, -0.05) is 130 Å². The molecule has 2 aliphatic rings. The van der Waals surface area contributed by atoms with E-state index in [9.17, 15) is 0 Å². The van der Waals surface area contributed by atoms with E-state index < -0.39 is 0 Å². The van der Waals surface area contributed by atoms with Gasteiger partial charge in [0.1, 0.15) is 0 Å². The normalized spacial score (nSPS) is 16.1. The minimum absolute atomic E-state index is 1.04. The van der Waals surface area contributed by atoms with Gasteiger partial charge in [0.2, 0.25) is 0 Å². The third-order valence-corrected chi connectivity index (χ3v) is 6.26. The number of hydrogen-bond acceptors (Lipinski definition) is 0. The molecule has 1 saturated carbocycles. The number of allylic oxidation sites excluding steroid dienone is 6. The second-order valence-electron chi connectivity index (χ2n) is 8.94. The number of benzene rings is 2. The lowest BCUT2D eigenvalue weighted by Gasteiger charge is -2.15. The highest BCUT2D eigenvalue weighted by Crippen LogP contribution is 2.38. The van der Waals surface area contributed by atoms with Crippen molar-refractivity contribution in [2.24, 2.45) is 5.92 Å². The van der Waals surface area contributed by atoms with Gasteiger partial charge >= 0.3 is 0 Å². The van der Waals surface area contributed by atoms with E-state index in [1.54, 1.807) is 0 Å². The van der Waals surface area contributed by atoms with E-state index in [0.717, 1.165) is 17.9 Å². The van der Waals surface area contributed by atoms with Crippen LogP contribution in [0.5, 0.6) is 0 Å². The zero-order chi connectivity index (χ0) is 22.6. The molecule has 0 heteroatoms. The van der Waals surface area contributed by atoms with Crippen molar-refractivity contribution in [1.29, 1.82) is 0 Å². The first kappa shape index (κ1) is 24.7. The first-order chi connectivity index (χ1) is 14.9. The van der Waals surface area contributed by atoms with E-state index in [1.807, 2.05) is 31.2 Å². The molecule has 0 atom stereocenters. The van der Waals surface area contributed by atoms with Crippen LogP contribution < -0.4 is 0 Å². The zero-order valence-corrected chi connectivity index (χ0v) is 20.1. The lowest BCUT2D eigenvalue weighted by atomic mass is 9.91. The summed E-state index contributed by atoms with van der Waals surface area (Å²) in [4.78, 5) is 0. The summed E-state index contributed by atoms with van der Waals surface area (Å²) in [6, 6.07) is 20.7. The molecule has 2 aliphatic carbocycles. The maximum atomic E-state index is 3.90. The van der Waals surface area contributed by atoms with E-state index in [1.165, 1.54) is 65.5 Å². The Labute approximate surface area is 191 Å². The van der Waals surface area contributed by atoms with Gasteiger partial charge in [-0.3, -0.25) is 0 Å². The zero-order valence-electron chi connectivity index (χ0n) is 20.1. The van der Waals surface area contributed by atoms with Crippen molar-refractivity contribution in [3.05, 3.63) is 108 Å². The van der Waals surface area contributed by atoms with Crippen LogP contribution in [-0.2, 0) is 0 Å². The summed E-state index contributed by atoms with van der Waals surface area (Å²) >= 11 is 0. The van der Waals surface area contributed by atoms with E-state index in [0.29, 0.717) is 0 Å². The Morgan fingerprint density at radius 2 is 1.42 bits per heavy atom. The molecule has 31 heavy (non-hydrogen) atoms. The molecule has 0 aliphatic heterocycles. The number of rotatable bonds is 3. The molecular formula is C31H40. The van der Waals surface area contributed by atoms with Crippen LogP contribution in [0.1, 0.15) is 77.3 Å². The van der Waals surface area contributed by atoms with Crippen LogP contribution in [-0.4, -0.2) is 0 Å². The molecule has 2 aromatic rings. The van der Waals surface area contributed by atoms with Gasteiger partial charge in [-0.05, 0) is 61.0 Å². The van der Waals surface area contributed by atoms with E-state index in [4.69, 9.17) is 0 Å². The fraction of sp³-hybridized carbons (Fsp3) is 0.355. The van der Waals surface area contributed by atoms with Gasteiger partial charge in [-0.25, -0.2) is 0 Å². The minimum atomic E-state index is 1.04. The van der Waals surface area contributed by atoms with Gasteiger partial charge in [0, 0.05) is 0 Å². The van der Waals surface area contributed by atoms with Gasteiger partial charge in [-0.15, -0.1) is 0 Å². The van der Waals surface area contributed by atoms with Crippen LogP contribution in [0, 0.1) is 5.92 Å². The summed E-state index contributed by atoms with van der Waals surface area (Å²) in [6.45, 7) is 16.5. The summed E-state index contributed by atoms with van der Waals surface area (Å²) in [5.74, 6) is 1.04. The maximum Gasteiger partial charge on any atom is -0.00579 e. The van der Waals surface area contributed by atoms with Crippen molar-refractivity contribution in [3.8, 4) is 0 Å². The first-order valence-corrected chi connectivity index (χ1v) is 11.7. The molecular weight excluding hydrogens is 372 g/mol. The largest absolute Gasteiger partial charge is 0.0988 e. The lowest BCUT2D eigenvalue weighted by Crippen LogP contribution is -1.99. The van der Waals surface area contributed by atoms with E-state index in [2.05, 4.69) is 76.4 Å². The topological polar surface area (TPSA) is 0 Å². The van der Waals surface area contributed by atoms with Crippen molar-refractivity contribution in [3.63, 3.8) is 0 Å². The molecule has 0 spiro atoms. The Balaban J connectivity index is 0.000000181. The molecule has 1 fully saturated rings. The van der Waals surface area contributed by atoms with Gasteiger partial charge in [0.05, 0.1) is 0 Å². The smallest absolute Gasteiger partial charge is 0.00579 e. The van der Waals surface area contributed by atoms with Gasteiger partial charge < -0.3 is 0 Å². The highest BCUT2D eigenvalue weighted by atomic mass is 14.2. The standard InChI is InChI=1S/C15H16.C9H10.C7H14/c1-4-13-10-11(2)12(3)15(13)14-8-6-5-7-9-14;1-8(2)9-6-4-3-5-7-9;1-7-5-3-2-4-6-7/h4-9H,1,10H2,2-3H3;3-7H,1H2,2H3;7H,2-6H2,1H3. The van der Waals surface area contributed by atoms with Crippen LogP contribution >= 0.6 is 0 Å². The molecule has 0 saturated heterocycles. The van der Waals surface area contributed by atoms with Gasteiger partial charge in [0.25, 0.3) is 0 Å². The molecule has 0 radical (unpaired) electrons. The predicted octanol–water partition coefficient (Wildman–Crippen LogP) is 9.67. The average molecular weight is 413 g/mol. The molecule has 2 aromatic carbocycles. The van der Waals surface area contributed by atoms with Crippen molar-refractivity contribution in [2.45, 2.75) is 66.2 Å². The van der Waals surface area contributed by atoms with Crippen molar-refractivity contribution < 1.29 is 0 Å². The third-order valence-electron chi connectivity index (χ3n) is 6.26. The highest BCUT2D eigenvalue weighted by molar-refractivity contribution is 5.86. The molecule has 0 N–H and O–H groups in total. The fourth-order valence-electron chi connectivity index (χ4n) is 4.17. The molecule has 0 bridgehead atoms. The lowest BCUT2D eigenvalue weighted by molar-refractivity contribution is 0.385. The van der Waals surface area contributed by atoms with Gasteiger partial charge in [0.15, 0.2) is 0 Å². The minimum Gasteiger partial charge on any atom is -0.0988 e. The highest BCUT2D eigenvalue weighted by Gasteiger charge is 2.17. The van der Waals surface area contributed by atoms with Crippen LogP contribution in [0.2, 0.25) is 0 Å². The molecule has 0 aromatic heterocycles. The quantitative estimate of drug-likeness (QED) is 0.470. The number of hydrogen-bond donors (Lipinski definition) is 0. The summed E-state index contributed by atoms with van der Waals surface area (Å²) in [5.41, 5.74) is 9.26. The summed E-state index contributed by atoms with van der Waals surface area (Å²) in [5, 5.41) is 0. The van der Waals surface area contributed by atoms with Gasteiger partial charge in [-0.2, -0.15) is 0 Å². The van der Waals surface area contributed by atoms with Crippen LogP contribution in [0.3, 0.4) is 0 Å². The SMILES string of the molecule is C=C(C)c1ccccc1.C=CC1=C(c2ccccc2)C(C)=C(C)C1.CC1CCCCC1. The Morgan fingerprint density at radius 1 is 0.871 bits per heavy atom. The second kappa shape index (κ2) is 13.0. The fourth-order valence-corrected chi connectivity index (χ4v) is 4.17. The molecule has 0 heterocycles. The van der Waals surface area contributed by atoms with E-state index >= 15 is 0 Å². The average Bonchev–Trinajstić information content (AvgIpc) is 3.10. The van der Waals surface area contributed by atoms with Crippen LogP contribution in [0.15, 0.2) is 96.6 Å². The summed E-state index contributed by atoms with van der Waals surface area (Å²) in [6.07, 6.45) is 10.5. The summed E-state index contributed by atoms with van der Waals surface area (Å²) < 4.78 is 0. The molecule has 0 unspecified atom stereocenters. The van der Waals surface area contributed by atoms with Crippen molar-refractivity contribution in [1.82, 2.24) is 0 Å². The monoisotopic (exact) mass is 412 g/mol. The molecule has 0 nitrogen and oxygen atoms in total. The Morgan fingerprint density at radius 3 is 1.84 bits per heavy atom. The molecule has 164 valence electrons. The Kier molecular flexibility index (Phi) is 10.3. The van der Waals surface area contributed by atoms with E-state index in [-0.39, 0.29) is 0 Å². The first-order valence-electron chi connectivity index (χ1n) is 11.7.